The minimum atomic E-state index is 0.420. The Morgan fingerprint density at radius 1 is 0.879 bits per heavy atom. The number of fused-ring (bicyclic) bond motifs is 2. The molecule has 2 heterocycles. The number of para-hydroxylation sites is 3. The summed E-state index contributed by atoms with van der Waals surface area (Å²) in [7, 11) is 0. The van der Waals surface area contributed by atoms with E-state index in [-0.39, 0.29) is 0 Å². The molecule has 2 aromatic heterocycles. The molecule has 5 rings (SSSR count). The molecule has 0 saturated carbocycles. The van der Waals surface area contributed by atoms with Gasteiger partial charge in [-0.25, -0.2) is 4.98 Å². The van der Waals surface area contributed by atoms with Crippen LogP contribution < -0.4 is 0 Å². The van der Waals surface area contributed by atoms with Gasteiger partial charge in [0.1, 0.15) is 5.82 Å². The quantitative estimate of drug-likeness (QED) is 0.251. The minimum Gasteiger partial charge on any atom is -0.292 e. The van der Waals surface area contributed by atoms with Gasteiger partial charge in [0.2, 0.25) is 0 Å². The van der Waals surface area contributed by atoms with Crippen molar-refractivity contribution in [1.29, 1.82) is 0 Å². The number of imidazole rings is 1. The minimum absolute atomic E-state index is 0.420. The lowest BCUT2D eigenvalue weighted by molar-refractivity contribution is 0.811. The van der Waals surface area contributed by atoms with Crippen molar-refractivity contribution in [1.82, 2.24) is 9.55 Å². The fourth-order valence-corrected chi connectivity index (χ4v) is 5.82. The summed E-state index contributed by atoms with van der Waals surface area (Å²) in [6, 6.07) is 22.3. The van der Waals surface area contributed by atoms with E-state index in [4.69, 9.17) is 4.98 Å². The molecule has 0 aliphatic rings. The Hall–Kier alpha value is -2.91. The molecule has 0 radical (unpaired) electrons. The first-order chi connectivity index (χ1) is 16.0. The van der Waals surface area contributed by atoms with Crippen molar-refractivity contribution in [2.75, 3.05) is 0 Å². The summed E-state index contributed by atoms with van der Waals surface area (Å²) in [6.07, 6.45) is 2.26. The second-order valence-corrected chi connectivity index (χ2v) is 10.5. The lowest BCUT2D eigenvalue weighted by atomic mass is 9.92. The highest BCUT2D eigenvalue weighted by atomic mass is 32.1. The summed E-state index contributed by atoms with van der Waals surface area (Å²) < 4.78 is 3.76. The van der Waals surface area contributed by atoms with Gasteiger partial charge in [0.15, 0.2) is 0 Å². The number of aromatic nitrogens is 2. The highest BCUT2D eigenvalue weighted by Crippen LogP contribution is 2.40. The molecular weight excluding hydrogens is 420 g/mol. The van der Waals surface area contributed by atoms with Crippen LogP contribution in [0.4, 0.5) is 0 Å². The molecule has 0 aliphatic carbocycles. The summed E-state index contributed by atoms with van der Waals surface area (Å²) in [6.45, 7) is 11.4. The SMILES string of the molecule is CCCc1ccc2scc(-c3nc4ccccc4n3-c3c(C(C)C)cccc3C(C)C)c2c1. The van der Waals surface area contributed by atoms with Gasteiger partial charge in [-0.3, -0.25) is 4.57 Å². The molecule has 0 fully saturated rings. The second kappa shape index (κ2) is 8.79. The fourth-order valence-electron chi connectivity index (χ4n) is 4.90. The Bertz CT molecular complexity index is 1410. The van der Waals surface area contributed by atoms with Crippen LogP contribution in [-0.4, -0.2) is 9.55 Å². The van der Waals surface area contributed by atoms with E-state index in [0.717, 1.165) is 24.2 Å². The lowest BCUT2D eigenvalue weighted by Gasteiger charge is -2.22. The molecule has 3 aromatic carbocycles. The van der Waals surface area contributed by atoms with Gasteiger partial charge in [0, 0.05) is 21.0 Å². The first kappa shape index (κ1) is 21.9. The van der Waals surface area contributed by atoms with Gasteiger partial charge in [0.05, 0.1) is 16.7 Å². The number of benzene rings is 3. The van der Waals surface area contributed by atoms with Crippen molar-refractivity contribution in [3.8, 4) is 17.1 Å². The van der Waals surface area contributed by atoms with Crippen molar-refractivity contribution < 1.29 is 0 Å². The summed E-state index contributed by atoms with van der Waals surface area (Å²) in [4.78, 5) is 5.23. The molecule has 5 aromatic rings. The summed E-state index contributed by atoms with van der Waals surface area (Å²) in [5.41, 5.74) is 8.90. The van der Waals surface area contributed by atoms with Crippen LogP contribution in [0, 0.1) is 0 Å². The van der Waals surface area contributed by atoms with Gasteiger partial charge in [-0.15, -0.1) is 11.3 Å². The van der Waals surface area contributed by atoms with Crippen LogP contribution in [0.25, 0.3) is 38.2 Å². The van der Waals surface area contributed by atoms with E-state index in [1.54, 1.807) is 0 Å². The standard InChI is InChI=1S/C30H32N2S/c1-6-10-21-15-16-28-24(17-21)25(18-33-28)30-31-26-13-7-8-14-27(26)32(30)29-22(19(2)3)11-9-12-23(29)20(4)5/h7-9,11-20H,6,10H2,1-5H3. The molecule has 0 saturated heterocycles. The average molecular weight is 453 g/mol. The van der Waals surface area contributed by atoms with Crippen LogP contribution in [0.5, 0.6) is 0 Å². The maximum Gasteiger partial charge on any atom is 0.147 e. The highest BCUT2D eigenvalue weighted by molar-refractivity contribution is 7.17. The van der Waals surface area contributed by atoms with Crippen LogP contribution in [0.15, 0.2) is 66.0 Å². The maximum absolute atomic E-state index is 5.23. The number of nitrogens with zero attached hydrogens (tertiary/aromatic N) is 2. The zero-order valence-electron chi connectivity index (χ0n) is 20.2. The van der Waals surface area contributed by atoms with E-state index in [1.807, 2.05) is 11.3 Å². The third-order valence-corrected chi connectivity index (χ3v) is 7.51. The molecule has 0 aliphatic heterocycles. The highest BCUT2D eigenvalue weighted by Gasteiger charge is 2.23. The number of aryl methyl sites for hydroxylation is 1. The Balaban J connectivity index is 1.88. The molecule has 0 amide bonds. The van der Waals surface area contributed by atoms with E-state index >= 15 is 0 Å². The number of hydrogen-bond donors (Lipinski definition) is 0. The van der Waals surface area contributed by atoms with Crippen molar-refractivity contribution >= 4 is 32.5 Å². The number of rotatable bonds is 6. The molecule has 0 atom stereocenters. The smallest absolute Gasteiger partial charge is 0.147 e. The van der Waals surface area contributed by atoms with Crippen LogP contribution in [0.2, 0.25) is 0 Å². The first-order valence-electron chi connectivity index (χ1n) is 12.1. The van der Waals surface area contributed by atoms with Gasteiger partial charge in [0.25, 0.3) is 0 Å². The van der Waals surface area contributed by atoms with Gasteiger partial charge >= 0.3 is 0 Å². The molecule has 0 N–H and O–H groups in total. The van der Waals surface area contributed by atoms with E-state index < -0.39 is 0 Å². The molecule has 0 bridgehead atoms. The maximum atomic E-state index is 5.23. The topological polar surface area (TPSA) is 17.8 Å². The normalized spacial score (nSPS) is 12.0. The Morgan fingerprint density at radius 3 is 2.30 bits per heavy atom. The summed E-state index contributed by atoms with van der Waals surface area (Å²) in [5, 5.41) is 3.61. The van der Waals surface area contributed by atoms with Crippen LogP contribution in [0.3, 0.4) is 0 Å². The zero-order chi connectivity index (χ0) is 23.1. The second-order valence-electron chi connectivity index (χ2n) is 9.58. The molecule has 168 valence electrons. The monoisotopic (exact) mass is 452 g/mol. The van der Waals surface area contributed by atoms with Crippen molar-refractivity contribution in [3.63, 3.8) is 0 Å². The number of hydrogen-bond acceptors (Lipinski definition) is 2. The third kappa shape index (κ3) is 3.79. The Morgan fingerprint density at radius 2 is 1.61 bits per heavy atom. The van der Waals surface area contributed by atoms with Crippen molar-refractivity contribution in [2.24, 2.45) is 0 Å². The molecular formula is C30H32N2S. The largest absolute Gasteiger partial charge is 0.292 e. The molecule has 0 unspecified atom stereocenters. The van der Waals surface area contributed by atoms with E-state index in [0.29, 0.717) is 11.8 Å². The molecule has 2 nitrogen and oxygen atoms in total. The number of thiophene rings is 1. The van der Waals surface area contributed by atoms with Gasteiger partial charge < -0.3 is 0 Å². The van der Waals surface area contributed by atoms with Crippen LogP contribution in [0.1, 0.15) is 69.6 Å². The van der Waals surface area contributed by atoms with E-state index in [2.05, 4.69) is 105 Å². The van der Waals surface area contributed by atoms with Crippen LogP contribution in [-0.2, 0) is 6.42 Å². The van der Waals surface area contributed by atoms with Crippen molar-refractivity contribution in [3.05, 3.63) is 82.7 Å². The fraction of sp³-hybridized carbons (Fsp3) is 0.300. The van der Waals surface area contributed by atoms with Gasteiger partial charge in [-0.05, 0) is 59.2 Å². The van der Waals surface area contributed by atoms with E-state index in [9.17, 15) is 0 Å². The zero-order valence-corrected chi connectivity index (χ0v) is 21.0. The average Bonchev–Trinajstić information content (AvgIpc) is 3.39. The van der Waals surface area contributed by atoms with Crippen LogP contribution >= 0.6 is 11.3 Å². The molecule has 3 heteroatoms. The van der Waals surface area contributed by atoms with Gasteiger partial charge in [-0.2, -0.15) is 0 Å². The van der Waals surface area contributed by atoms with Gasteiger partial charge in [-0.1, -0.05) is 77.4 Å². The molecule has 0 spiro atoms. The Kier molecular flexibility index (Phi) is 5.84. The third-order valence-electron chi connectivity index (χ3n) is 6.54. The molecule has 33 heavy (non-hydrogen) atoms. The Labute approximate surface area is 200 Å². The van der Waals surface area contributed by atoms with E-state index in [1.165, 1.54) is 43.5 Å². The van der Waals surface area contributed by atoms with Crippen molar-refractivity contribution in [2.45, 2.75) is 59.3 Å². The first-order valence-corrected chi connectivity index (χ1v) is 13.0. The summed E-state index contributed by atoms with van der Waals surface area (Å²) >= 11 is 1.82. The predicted octanol–water partition coefficient (Wildman–Crippen LogP) is 9.11. The summed E-state index contributed by atoms with van der Waals surface area (Å²) in [5.74, 6) is 1.89. The predicted molar refractivity (Wildman–Crippen MR) is 144 cm³/mol. The lowest BCUT2D eigenvalue weighted by Crippen LogP contribution is -2.08.